The number of rotatable bonds is 5. The maximum absolute atomic E-state index is 14.8. The van der Waals surface area contributed by atoms with Gasteiger partial charge in [-0.1, -0.05) is 11.6 Å². The predicted octanol–water partition coefficient (Wildman–Crippen LogP) is 6.71. The fourth-order valence-electron chi connectivity index (χ4n) is 3.89. The molecular formula is C26H20ClF4N5O3. The highest BCUT2D eigenvalue weighted by Crippen LogP contribution is 2.36. The Labute approximate surface area is 224 Å². The number of carbonyl (C=O) groups is 1. The monoisotopic (exact) mass is 561 g/mol. The fourth-order valence-corrected chi connectivity index (χ4v) is 4.12. The lowest BCUT2D eigenvalue weighted by Gasteiger charge is -2.27. The summed E-state index contributed by atoms with van der Waals surface area (Å²) < 4.78 is 65.0. The van der Waals surface area contributed by atoms with Crippen molar-refractivity contribution in [1.29, 1.82) is 0 Å². The van der Waals surface area contributed by atoms with Gasteiger partial charge in [0.2, 0.25) is 0 Å². The van der Waals surface area contributed by atoms with Crippen molar-refractivity contribution in [3.05, 3.63) is 77.2 Å². The molecule has 0 saturated carbocycles. The van der Waals surface area contributed by atoms with Crippen LogP contribution in [-0.4, -0.2) is 42.3 Å². The van der Waals surface area contributed by atoms with Gasteiger partial charge in [0, 0.05) is 36.6 Å². The Morgan fingerprint density at radius 3 is 2.41 bits per heavy atom. The summed E-state index contributed by atoms with van der Waals surface area (Å²) in [5.74, 6) is 0.157. The van der Waals surface area contributed by atoms with E-state index in [-0.39, 0.29) is 17.1 Å². The van der Waals surface area contributed by atoms with Gasteiger partial charge in [0.05, 0.1) is 41.0 Å². The van der Waals surface area contributed by atoms with Gasteiger partial charge in [-0.05, 0) is 42.5 Å². The summed E-state index contributed by atoms with van der Waals surface area (Å²) in [6.45, 7) is 2.62. The van der Waals surface area contributed by atoms with Crippen molar-refractivity contribution in [2.75, 3.05) is 41.8 Å². The van der Waals surface area contributed by atoms with Crippen molar-refractivity contribution < 1.29 is 31.8 Å². The molecule has 0 spiro atoms. The number of halogens is 5. The van der Waals surface area contributed by atoms with E-state index < -0.39 is 28.6 Å². The van der Waals surface area contributed by atoms with E-state index in [0.717, 1.165) is 12.1 Å². The fraction of sp³-hybridized carbons (Fsp3) is 0.192. The van der Waals surface area contributed by atoms with Gasteiger partial charge >= 0.3 is 12.2 Å². The summed E-state index contributed by atoms with van der Waals surface area (Å²) >= 11 is 5.59. The number of urea groups is 1. The molecule has 1 aliphatic rings. The Kier molecular flexibility index (Phi) is 7.40. The first-order valence-electron chi connectivity index (χ1n) is 11.7. The number of morpholine rings is 1. The molecule has 202 valence electrons. The number of aromatic nitrogens is 2. The highest BCUT2D eigenvalue weighted by molar-refractivity contribution is 6.31. The molecule has 1 aliphatic heterocycles. The van der Waals surface area contributed by atoms with Crippen LogP contribution in [0, 0.1) is 5.82 Å². The highest BCUT2D eigenvalue weighted by atomic mass is 35.5. The number of amides is 2. The highest BCUT2D eigenvalue weighted by Gasteiger charge is 2.33. The number of benzene rings is 3. The second-order valence-corrected chi connectivity index (χ2v) is 8.90. The number of alkyl halides is 3. The van der Waals surface area contributed by atoms with Gasteiger partial charge in [0.1, 0.15) is 11.6 Å². The molecule has 0 aliphatic carbocycles. The van der Waals surface area contributed by atoms with Crippen LogP contribution in [0.25, 0.3) is 11.0 Å². The third-order valence-electron chi connectivity index (χ3n) is 5.78. The van der Waals surface area contributed by atoms with Gasteiger partial charge < -0.3 is 25.0 Å². The second-order valence-electron chi connectivity index (χ2n) is 8.50. The Morgan fingerprint density at radius 2 is 1.69 bits per heavy atom. The second kappa shape index (κ2) is 10.9. The zero-order chi connectivity index (χ0) is 27.6. The van der Waals surface area contributed by atoms with Crippen LogP contribution < -0.4 is 20.3 Å². The van der Waals surface area contributed by atoms with Crippen molar-refractivity contribution in [1.82, 2.24) is 9.97 Å². The molecule has 13 heteroatoms. The minimum atomic E-state index is -4.69. The van der Waals surface area contributed by atoms with Gasteiger partial charge in [0.15, 0.2) is 11.6 Å². The standard InChI is InChI=1S/C26H20ClF4N5O3/c27-19-4-1-15(11-18(19)26(29,30)31)33-25(37)34-16-2-6-23(20(28)12-16)39-17-3-5-21-22(13-17)35-24(14-32-21)36-7-9-38-10-8-36/h1-6,11-14H,7-10H2,(H2,33,34,37). The van der Waals surface area contributed by atoms with E-state index in [1.807, 2.05) is 0 Å². The lowest BCUT2D eigenvalue weighted by Crippen LogP contribution is -2.36. The third kappa shape index (κ3) is 6.29. The van der Waals surface area contributed by atoms with Crippen LogP contribution in [-0.2, 0) is 10.9 Å². The first-order chi connectivity index (χ1) is 18.7. The zero-order valence-corrected chi connectivity index (χ0v) is 20.8. The third-order valence-corrected chi connectivity index (χ3v) is 6.11. The van der Waals surface area contributed by atoms with E-state index >= 15 is 0 Å². The smallest absolute Gasteiger partial charge is 0.417 e. The van der Waals surface area contributed by atoms with Gasteiger partial charge in [0.25, 0.3) is 0 Å². The minimum Gasteiger partial charge on any atom is -0.454 e. The summed E-state index contributed by atoms with van der Waals surface area (Å²) in [6.07, 6.45) is -3.00. The first kappa shape index (κ1) is 26.4. The number of nitrogens with one attached hydrogen (secondary N) is 2. The summed E-state index contributed by atoms with van der Waals surface area (Å²) in [7, 11) is 0. The van der Waals surface area contributed by atoms with Crippen LogP contribution in [0.3, 0.4) is 0 Å². The average Bonchev–Trinajstić information content (AvgIpc) is 2.91. The number of hydrogen-bond donors (Lipinski definition) is 2. The molecule has 2 heterocycles. The number of fused-ring (bicyclic) bond motifs is 1. The molecule has 0 unspecified atom stereocenters. The summed E-state index contributed by atoms with van der Waals surface area (Å²) in [4.78, 5) is 23.4. The molecule has 1 aromatic heterocycles. The lowest BCUT2D eigenvalue weighted by molar-refractivity contribution is -0.137. The maximum Gasteiger partial charge on any atom is 0.417 e. The van der Waals surface area contributed by atoms with Crippen LogP contribution in [0.15, 0.2) is 60.8 Å². The normalized spacial score (nSPS) is 13.8. The Morgan fingerprint density at radius 1 is 0.974 bits per heavy atom. The Bertz CT molecular complexity index is 1530. The van der Waals surface area contributed by atoms with Gasteiger partial charge in [-0.15, -0.1) is 0 Å². The van der Waals surface area contributed by atoms with Gasteiger partial charge in [-0.2, -0.15) is 13.2 Å². The molecule has 2 N–H and O–H groups in total. The Balaban J connectivity index is 1.26. The summed E-state index contributed by atoms with van der Waals surface area (Å²) in [6, 6.07) is 10.8. The van der Waals surface area contributed by atoms with Crippen molar-refractivity contribution >= 4 is 45.9 Å². The SMILES string of the molecule is O=C(Nc1ccc(Oc2ccc3ncc(N4CCOCC4)nc3c2)c(F)c1)Nc1ccc(Cl)c(C(F)(F)F)c1. The predicted molar refractivity (Wildman–Crippen MR) is 138 cm³/mol. The molecule has 8 nitrogen and oxygen atoms in total. The topological polar surface area (TPSA) is 88.6 Å². The van der Waals surface area contributed by atoms with E-state index in [4.69, 9.17) is 21.1 Å². The largest absolute Gasteiger partial charge is 0.454 e. The first-order valence-corrected chi connectivity index (χ1v) is 12.1. The summed E-state index contributed by atoms with van der Waals surface area (Å²) in [5, 5.41) is 4.13. The van der Waals surface area contributed by atoms with E-state index in [1.165, 1.54) is 18.2 Å². The number of carbonyl (C=O) groups excluding carboxylic acids is 1. The van der Waals surface area contributed by atoms with Crippen molar-refractivity contribution in [3.63, 3.8) is 0 Å². The lowest BCUT2D eigenvalue weighted by atomic mass is 10.2. The molecule has 1 saturated heterocycles. The molecule has 2 amide bonds. The van der Waals surface area contributed by atoms with Crippen LogP contribution in [0.2, 0.25) is 5.02 Å². The summed E-state index contributed by atoms with van der Waals surface area (Å²) in [5.41, 5.74) is 0.0467. The van der Waals surface area contributed by atoms with E-state index in [9.17, 15) is 22.4 Å². The van der Waals surface area contributed by atoms with E-state index in [1.54, 1.807) is 24.4 Å². The molecular weight excluding hydrogens is 542 g/mol. The van der Waals surface area contributed by atoms with Crippen LogP contribution in [0.5, 0.6) is 11.5 Å². The number of anilines is 3. The quantitative estimate of drug-likeness (QED) is 0.263. The van der Waals surface area contributed by atoms with E-state index in [2.05, 4.69) is 25.5 Å². The van der Waals surface area contributed by atoms with Crippen molar-refractivity contribution in [2.24, 2.45) is 0 Å². The minimum absolute atomic E-state index is 0.0573. The molecule has 3 aromatic carbocycles. The Hall–Kier alpha value is -4.16. The number of hydrogen-bond acceptors (Lipinski definition) is 6. The average molecular weight is 562 g/mol. The molecule has 1 fully saturated rings. The molecule has 4 aromatic rings. The van der Waals surface area contributed by atoms with Crippen molar-refractivity contribution in [2.45, 2.75) is 6.18 Å². The van der Waals surface area contributed by atoms with Crippen LogP contribution in [0.4, 0.5) is 39.5 Å². The van der Waals surface area contributed by atoms with Gasteiger partial charge in [-0.3, -0.25) is 4.98 Å². The molecule has 0 radical (unpaired) electrons. The van der Waals surface area contributed by atoms with Crippen LogP contribution >= 0.6 is 11.6 Å². The zero-order valence-electron chi connectivity index (χ0n) is 20.1. The molecule has 0 atom stereocenters. The van der Waals surface area contributed by atoms with E-state index in [0.29, 0.717) is 55.0 Å². The van der Waals surface area contributed by atoms with Crippen molar-refractivity contribution in [3.8, 4) is 11.5 Å². The molecule has 0 bridgehead atoms. The number of ether oxygens (including phenoxy) is 2. The maximum atomic E-state index is 14.8. The molecule has 39 heavy (non-hydrogen) atoms. The molecule has 5 rings (SSSR count). The van der Waals surface area contributed by atoms with Gasteiger partial charge in [-0.25, -0.2) is 14.2 Å². The van der Waals surface area contributed by atoms with Crippen LogP contribution in [0.1, 0.15) is 5.56 Å². The number of nitrogens with zero attached hydrogens (tertiary/aromatic N) is 3.